The van der Waals surface area contributed by atoms with Crippen molar-refractivity contribution in [2.24, 2.45) is 11.8 Å². The zero-order valence-corrected chi connectivity index (χ0v) is 19.8. The van der Waals surface area contributed by atoms with Gasteiger partial charge in [0.05, 0.1) is 0 Å². The lowest BCUT2D eigenvalue weighted by Crippen LogP contribution is -2.15. The van der Waals surface area contributed by atoms with Crippen molar-refractivity contribution in [3.8, 4) is 11.1 Å². The minimum Gasteiger partial charge on any atom is -0.338 e. The lowest BCUT2D eigenvalue weighted by atomic mass is 9.96. The van der Waals surface area contributed by atoms with Crippen molar-refractivity contribution < 1.29 is 14.1 Å². The van der Waals surface area contributed by atoms with Gasteiger partial charge in [-0.3, -0.25) is 9.59 Å². The summed E-state index contributed by atoms with van der Waals surface area (Å²) < 4.78 is 5.23. The fourth-order valence-electron chi connectivity index (χ4n) is 3.74. The first-order valence-electron chi connectivity index (χ1n) is 11.4. The number of nitrogens with one attached hydrogen (secondary N) is 1. The second kappa shape index (κ2) is 8.89. The number of hydrogen-bond acceptors (Lipinski definition) is 6. The second-order valence-corrected chi connectivity index (χ2v) is 9.98. The summed E-state index contributed by atoms with van der Waals surface area (Å²) in [4.78, 5) is 33.3. The Kier molecular flexibility index (Phi) is 6.15. The minimum atomic E-state index is -0.288. The maximum absolute atomic E-state index is 12.5. The summed E-state index contributed by atoms with van der Waals surface area (Å²) in [6, 6.07) is 9.99. The van der Waals surface area contributed by atoms with Gasteiger partial charge in [0.15, 0.2) is 0 Å². The van der Waals surface area contributed by atoms with Gasteiger partial charge in [-0.05, 0) is 60.1 Å². The van der Waals surface area contributed by atoms with Gasteiger partial charge < -0.3 is 9.84 Å². The van der Waals surface area contributed by atoms with Gasteiger partial charge in [-0.25, -0.2) is 4.98 Å². The molecule has 0 radical (unpaired) electrons. The molecular weight excluding hydrogens is 416 g/mol. The molecule has 0 unspecified atom stereocenters. The maximum atomic E-state index is 12.5. The summed E-state index contributed by atoms with van der Waals surface area (Å²) in [5.74, 6) is 1.64. The van der Waals surface area contributed by atoms with Crippen molar-refractivity contribution in [3.63, 3.8) is 0 Å². The van der Waals surface area contributed by atoms with Gasteiger partial charge in [0.1, 0.15) is 5.82 Å². The van der Waals surface area contributed by atoms with Gasteiger partial charge in [-0.2, -0.15) is 4.98 Å². The molecule has 172 valence electrons. The van der Waals surface area contributed by atoms with Gasteiger partial charge in [0, 0.05) is 24.0 Å². The Morgan fingerprint density at radius 1 is 1.15 bits per heavy atom. The van der Waals surface area contributed by atoms with Crippen molar-refractivity contribution in [1.29, 1.82) is 0 Å². The van der Waals surface area contributed by atoms with Crippen LogP contribution in [0.2, 0.25) is 0 Å². The van der Waals surface area contributed by atoms with Crippen LogP contribution in [0.4, 0.5) is 5.82 Å². The number of aryl methyl sites for hydroxylation is 2. The molecule has 0 spiro atoms. The summed E-state index contributed by atoms with van der Waals surface area (Å²) in [6.45, 7) is 10.0. The van der Waals surface area contributed by atoms with Crippen LogP contribution in [-0.4, -0.2) is 26.8 Å². The Balaban J connectivity index is 1.41. The van der Waals surface area contributed by atoms with Crippen molar-refractivity contribution in [2.75, 3.05) is 5.32 Å². The number of benzene rings is 1. The molecule has 1 saturated carbocycles. The number of aromatic nitrogens is 3. The van der Waals surface area contributed by atoms with E-state index in [1.54, 1.807) is 6.20 Å². The monoisotopic (exact) mass is 446 g/mol. The Morgan fingerprint density at radius 2 is 1.88 bits per heavy atom. The van der Waals surface area contributed by atoms with Gasteiger partial charge >= 0.3 is 0 Å². The quantitative estimate of drug-likeness (QED) is 0.504. The topological polar surface area (TPSA) is 98.0 Å². The van der Waals surface area contributed by atoms with Crippen LogP contribution in [0.15, 0.2) is 41.1 Å². The van der Waals surface area contributed by atoms with E-state index in [2.05, 4.69) is 33.4 Å². The second-order valence-electron chi connectivity index (χ2n) is 9.98. The van der Waals surface area contributed by atoms with Crippen LogP contribution in [0.3, 0.4) is 0 Å². The number of rotatable bonds is 7. The molecule has 33 heavy (non-hydrogen) atoms. The Bertz CT molecular complexity index is 1190. The van der Waals surface area contributed by atoms with Crippen LogP contribution in [0.5, 0.6) is 0 Å². The molecule has 1 amide bonds. The number of Topliss-reactive ketones (excluding diaryl/α,β-unsaturated/α-hetero) is 1. The van der Waals surface area contributed by atoms with Crippen LogP contribution < -0.4 is 5.32 Å². The van der Waals surface area contributed by atoms with E-state index >= 15 is 0 Å². The van der Waals surface area contributed by atoms with E-state index in [-0.39, 0.29) is 28.8 Å². The molecular formula is C26H30N4O3. The number of nitrogens with zero attached hydrogens (tertiary/aromatic N) is 3. The van der Waals surface area contributed by atoms with E-state index in [0.29, 0.717) is 30.5 Å². The molecule has 7 nitrogen and oxygen atoms in total. The van der Waals surface area contributed by atoms with E-state index in [1.165, 1.54) is 0 Å². The highest BCUT2D eigenvalue weighted by molar-refractivity contribution is 5.94. The molecule has 1 N–H and O–H groups in total. The van der Waals surface area contributed by atoms with Gasteiger partial charge in [0.2, 0.25) is 23.4 Å². The lowest BCUT2D eigenvalue weighted by Gasteiger charge is -2.10. The average molecular weight is 447 g/mol. The summed E-state index contributed by atoms with van der Waals surface area (Å²) in [5, 5.41) is 6.77. The third kappa shape index (κ3) is 5.35. The van der Waals surface area contributed by atoms with E-state index in [9.17, 15) is 9.59 Å². The number of amides is 1. The summed E-state index contributed by atoms with van der Waals surface area (Å²) in [7, 11) is 0. The minimum absolute atomic E-state index is 0.0413. The fraction of sp³-hybridized carbons (Fsp3) is 0.423. The highest BCUT2D eigenvalue weighted by atomic mass is 16.5. The number of anilines is 1. The highest BCUT2D eigenvalue weighted by Crippen LogP contribution is 2.38. The first-order valence-corrected chi connectivity index (χ1v) is 11.4. The predicted octanol–water partition coefficient (Wildman–Crippen LogP) is 5.15. The Labute approximate surface area is 194 Å². The average Bonchev–Trinajstić information content (AvgIpc) is 3.28. The molecule has 1 aromatic carbocycles. The van der Waals surface area contributed by atoms with Crippen LogP contribution in [0.25, 0.3) is 11.1 Å². The van der Waals surface area contributed by atoms with E-state index in [1.807, 2.05) is 52.0 Å². The molecule has 4 rings (SSSR count). The zero-order chi connectivity index (χ0) is 23.8. The Hall–Kier alpha value is -3.35. The number of ketones is 1. The van der Waals surface area contributed by atoms with E-state index in [4.69, 9.17) is 4.52 Å². The number of carbonyl (C=O) groups excluding carboxylic acids is 2. The normalized spacial score (nSPS) is 17.6. The van der Waals surface area contributed by atoms with E-state index in [0.717, 1.165) is 28.7 Å². The molecule has 0 aliphatic heterocycles. The van der Waals surface area contributed by atoms with Crippen molar-refractivity contribution in [3.05, 3.63) is 59.4 Å². The largest absolute Gasteiger partial charge is 0.338 e. The first-order chi connectivity index (χ1) is 15.6. The lowest BCUT2D eigenvalue weighted by molar-refractivity contribution is -0.117. The summed E-state index contributed by atoms with van der Waals surface area (Å²) >= 11 is 0. The van der Waals surface area contributed by atoms with Gasteiger partial charge in [0.25, 0.3) is 0 Å². The van der Waals surface area contributed by atoms with Crippen molar-refractivity contribution in [2.45, 2.75) is 59.3 Å². The third-order valence-corrected chi connectivity index (χ3v) is 6.07. The summed E-state index contributed by atoms with van der Waals surface area (Å²) in [5.41, 5.74) is 3.92. The SMILES string of the molecule is Cc1cc(-c2ccnc(NC(=O)[C@H]3C[C@@H]3C)c2)ccc1CCC(=O)c1noc(C(C)(C)C)n1. The van der Waals surface area contributed by atoms with Crippen LogP contribution in [0.1, 0.15) is 68.2 Å². The van der Waals surface area contributed by atoms with Crippen LogP contribution in [-0.2, 0) is 16.6 Å². The molecule has 2 heterocycles. The maximum Gasteiger partial charge on any atom is 0.238 e. The molecule has 2 aromatic heterocycles. The standard InChI is InChI=1S/C26H30N4O3/c1-15-12-18(19-10-11-27-22(14-19)28-24(32)20-13-16(20)2)7-6-17(15)8-9-21(31)23-29-25(33-30-23)26(3,4)5/h6-7,10-12,14,16,20H,8-9,13H2,1-5H3,(H,27,28,32)/t16-,20-/m0/s1. The number of carbonyl (C=O) groups is 2. The van der Waals surface area contributed by atoms with E-state index < -0.39 is 0 Å². The molecule has 3 aromatic rings. The smallest absolute Gasteiger partial charge is 0.238 e. The van der Waals surface area contributed by atoms with Crippen LogP contribution in [0, 0.1) is 18.8 Å². The zero-order valence-electron chi connectivity index (χ0n) is 19.8. The van der Waals surface area contributed by atoms with Gasteiger partial charge in [-0.15, -0.1) is 0 Å². The van der Waals surface area contributed by atoms with Crippen molar-refractivity contribution in [1.82, 2.24) is 15.1 Å². The predicted molar refractivity (Wildman–Crippen MR) is 126 cm³/mol. The molecule has 0 bridgehead atoms. The first kappa shape index (κ1) is 22.8. The molecule has 2 atom stereocenters. The molecule has 0 saturated heterocycles. The molecule has 1 fully saturated rings. The molecule has 1 aliphatic rings. The van der Waals surface area contributed by atoms with Crippen LogP contribution >= 0.6 is 0 Å². The number of hydrogen-bond donors (Lipinski definition) is 1. The summed E-state index contributed by atoms with van der Waals surface area (Å²) in [6.07, 6.45) is 3.56. The molecule has 1 aliphatic carbocycles. The van der Waals surface area contributed by atoms with Gasteiger partial charge in [-0.1, -0.05) is 51.1 Å². The highest BCUT2D eigenvalue weighted by Gasteiger charge is 2.39. The fourth-order valence-corrected chi connectivity index (χ4v) is 3.74. The molecule has 7 heteroatoms. The third-order valence-electron chi connectivity index (χ3n) is 6.07. The Morgan fingerprint density at radius 3 is 2.52 bits per heavy atom. The number of pyridine rings is 1. The van der Waals surface area contributed by atoms with Crippen molar-refractivity contribution >= 4 is 17.5 Å².